The van der Waals surface area contributed by atoms with E-state index in [-0.39, 0.29) is 12.5 Å². The second-order valence-corrected chi connectivity index (χ2v) is 5.22. The molecule has 0 saturated heterocycles. The summed E-state index contributed by atoms with van der Waals surface area (Å²) in [5, 5.41) is 7.19. The van der Waals surface area contributed by atoms with Gasteiger partial charge < -0.3 is 11.1 Å². The number of carbonyl (C=O) groups excluding carboxylic acids is 1. The fraction of sp³-hybridized carbons (Fsp3) is 0.375. The number of aromatic nitrogens is 2. The first-order valence-corrected chi connectivity index (χ1v) is 7.14. The van der Waals surface area contributed by atoms with Crippen LogP contribution in [0.3, 0.4) is 0 Å². The van der Waals surface area contributed by atoms with E-state index < -0.39 is 0 Å². The lowest BCUT2D eigenvalue weighted by Gasteiger charge is -2.07. The molecular weight excluding hydrogens is 264 g/mol. The maximum atomic E-state index is 11.9. The van der Waals surface area contributed by atoms with E-state index in [0.29, 0.717) is 13.1 Å². The zero-order valence-corrected chi connectivity index (χ0v) is 12.6. The zero-order chi connectivity index (χ0) is 15.2. The van der Waals surface area contributed by atoms with Crippen molar-refractivity contribution in [3.63, 3.8) is 0 Å². The number of carbonyl (C=O) groups is 1. The molecule has 1 aromatic heterocycles. The molecule has 1 amide bonds. The molecule has 1 aromatic carbocycles. The second-order valence-electron chi connectivity index (χ2n) is 5.22. The predicted molar refractivity (Wildman–Crippen MR) is 82.7 cm³/mol. The van der Waals surface area contributed by atoms with Crippen LogP contribution in [0.1, 0.15) is 22.5 Å². The Morgan fingerprint density at radius 1 is 1.24 bits per heavy atom. The van der Waals surface area contributed by atoms with E-state index in [4.69, 9.17) is 5.73 Å². The number of rotatable bonds is 6. The van der Waals surface area contributed by atoms with Crippen molar-refractivity contribution in [2.75, 3.05) is 6.54 Å². The fourth-order valence-corrected chi connectivity index (χ4v) is 2.22. The molecule has 3 N–H and O–H groups in total. The summed E-state index contributed by atoms with van der Waals surface area (Å²) in [6.45, 7) is 5.30. The van der Waals surface area contributed by atoms with Crippen molar-refractivity contribution in [2.45, 2.75) is 33.4 Å². The number of hydrogen-bond donors (Lipinski definition) is 2. The van der Waals surface area contributed by atoms with Gasteiger partial charge in [-0.1, -0.05) is 24.3 Å². The van der Waals surface area contributed by atoms with Gasteiger partial charge in [-0.25, -0.2) is 0 Å². The molecule has 0 spiro atoms. The van der Waals surface area contributed by atoms with Crippen LogP contribution >= 0.6 is 0 Å². The van der Waals surface area contributed by atoms with Crippen molar-refractivity contribution < 1.29 is 4.79 Å². The minimum atomic E-state index is -0.0350. The molecular formula is C16H22N4O. The third-order valence-corrected chi connectivity index (χ3v) is 3.34. The number of amides is 1. The highest BCUT2D eigenvalue weighted by molar-refractivity contribution is 5.75. The van der Waals surface area contributed by atoms with Gasteiger partial charge >= 0.3 is 0 Å². The first kappa shape index (κ1) is 15.3. The van der Waals surface area contributed by atoms with Crippen molar-refractivity contribution in [1.29, 1.82) is 0 Å². The van der Waals surface area contributed by atoms with E-state index in [1.54, 1.807) is 4.68 Å². The Balaban J connectivity index is 1.84. The SMILES string of the molecule is Cc1cc(C)n(CC(=O)NCc2ccc(CCN)cc2)n1. The number of nitrogens with one attached hydrogen (secondary N) is 1. The molecule has 0 saturated carbocycles. The van der Waals surface area contributed by atoms with Crippen LogP contribution in [0.4, 0.5) is 0 Å². The van der Waals surface area contributed by atoms with E-state index in [9.17, 15) is 4.79 Å². The van der Waals surface area contributed by atoms with Gasteiger partial charge in [0.1, 0.15) is 6.54 Å². The number of aryl methyl sites for hydroxylation is 2. The Hall–Kier alpha value is -2.14. The summed E-state index contributed by atoms with van der Waals surface area (Å²) in [4.78, 5) is 11.9. The molecule has 0 radical (unpaired) electrons. The van der Waals surface area contributed by atoms with E-state index in [0.717, 1.165) is 23.4 Å². The van der Waals surface area contributed by atoms with Crippen LogP contribution in [-0.2, 0) is 24.3 Å². The Kier molecular flexibility index (Phi) is 5.11. The number of nitrogens with two attached hydrogens (primary N) is 1. The Bertz CT molecular complexity index is 601. The van der Waals surface area contributed by atoms with Gasteiger partial charge in [0.15, 0.2) is 0 Å². The fourth-order valence-electron chi connectivity index (χ4n) is 2.22. The molecule has 5 heteroatoms. The van der Waals surface area contributed by atoms with Crippen molar-refractivity contribution in [2.24, 2.45) is 5.73 Å². The van der Waals surface area contributed by atoms with Crippen molar-refractivity contribution in [1.82, 2.24) is 15.1 Å². The minimum Gasteiger partial charge on any atom is -0.350 e. The monoisotopic (exact) mass is 286 g/mol. The molecule has 21 heavy (non-hydrogen) atoms. The smallest absolute Gasteiger partial charge is 0.242 e. The second kappa shape index (κ2) is 7.04. The highest BCUT2D eigenvalue weighted by Crippen LogP contribution is 2.05. The zero-order valence-electron chi connectivity index (χ0n) is 12.6. The number of benzene rings is 1. The normalized spacial score (nSPS) is 10.6. The average molecular weight is 286 g/mol. The molecule has 5 nitrogen and oxygen atoms in total. The lowest BCUT2D eigenvalue weighted by atomic mass is 10.1. The summed E-state index contributed by atoms with van der Waals surface area (Å²) in [5.41, 5.74) is 9.74. The van der Waals surface area contributed by atoms with Crippen LogP contribution in [0.5, 0.6) is 0 Å². The maximum Gasteiger partial charge on any atom is 0.242 e. The number of hydrogen-bond acceptors (Lipinski definition) is 3. The Morgan fingerprint density at radius 2 is 1.90 bits per heavy atom. The van der Waals surface area contributed by atoms with Gasteiger partial charge in [0.25, 0.3) is 0 Å². The summed E-state index contributed by atoms with van der Waals surface area (Å²) in [5.74, 6) is -0.0350. The predicted octanol–water partition coefficient (Wildman–Crippen LogP) is 1.32. The van der Waals surface area contributed by atoms with Crippen LogP contribution in [-0.4, -0.2) is 22.2 Å². The van der Waals surface area contributed by atoms with E-state index >= 15 is 0 Å². The van der Waals surface area contributed by atoms with Gasteiger partial charge in [-0.2, -0.15) is 5.10 Å². The molecule has 0 bridgehead atoms. The lowest BCUT2D eigenvalue weighted by Crippen LogP contribution is -2.27. The molecule has 2 rings (SSSR count). The summed E-state index contributed by atoms with van der Waals surface area (Å²) >= 11 is 0. The third kappa shape index (κ3) is 4.43. The van der Waals surface area contributed by atoms with Gasteiger partial charge in [0.2, 0.25) is 5.91 Å². The topological polar surface area (TPSA) is 72.9 Å². The molecule has 0 fully saturated rings. The van der Waals surface area contributed by atoms with Crippen LogP contribution < -0.4 is 11.1 Å². The Labute approximate surface area is 125 Å². The first-order chi connectivity index (χ1) is 10.1. The largest absolute Gasteiger partial charge is 0.350 e. The Morgan fingerprint density at radius 3 is 2.48 bits per heavy atom. The summed E-state index contributed by atoms with van der Waals surface area (Å²) < 4.78 is 1.72. The van der Waals surface area contributed by atoms with E-state index in [2.05, 4.69) is 22.5 Å². The van der Waals surface area contributed by atoms with Crippen LogP contribution in [0.25, 0.3) is 0 Å². The first-order valence-electron chi connectivity index (χ1n) is 7.14. The highest BCUT2D eigenvalue weighted by Gasteiger charge is 2.06. The minimum absolute atomic E-state index is 0.0350. The van der Waals surface area contributed by atoms with Crippen molar-refractivity contribution in [3.8, 4) is 0 Å². The molecule has 0 unspecified atom stereocenters. The van der Waals surface area contributed by atoms with Crippen molar-refractivity contribution in [3.05, 3.63) is 52.8 Å². The summed E-state index contributed by atoms with van der Waals surface area (Å²) in [6.07, 6.45) is 0.880. The van der Waals surface area contributed by atoms with Crippen LogP contribution in [0.2, 0.25) is 0 Å². The molecule has 0 aliphatic heterocycles. The van der Waals surface area contributed by atoms with Gasteiger partial charge in [0, 0.05) is 12.2 Å². The van der Waals surface area contributed by atoms with E-state index in [1.165, 1.54) is 5.56 Å². The maximum absolute atomic E-state index is 11.9. The van der Waals surface area contributed by atoms with Gasteiger partial charge in [-0.3, -0.25) is 9.48 Å². The van der Waals surface area contributed by atoms with Gasteiger partial charge in [-0.15, -0.1) is 0 Å². The lowest BCUT2D eigenvalue weighted by molar-refractivity contribution is -0.122. The van der Waals surface area contributed by atoms with Gasteiger partial charge in [-0.05, 0) is 44.0 Å². The quantitative estimate of drug-likeness (QED) is 0.841. The molecule has 0 aliphatic rings. The third-order valence-electron chi connectivity index (χ3n) is 3.34. The molecule has 2 aromatic rings. The standard InChI is InChI=1S/C16H22N4O/c1-12-9-13(2)20(19-12)11-16(21)18-10-15-5-3-14(4-6-15)7-8-17/h3-6,9H,7-8,10-11,17H2,1-2H3,(H,18,21). The van der Waals surface area contributed by atoms with Crippen molar-refractivity contribution >= 4 is 5.91 Å². The van der Waals surface area contributed by atoms with Crippen LogP contribution in [0, 0.1) is 13.8 Å². The average Bonchev–Trinajstić information content (AvgIpc) is 2.76. The van der Waals surface area contributed by atoms with E-state index in [1.807, 2.05) is 32.0 Å². The summed E-state index contributed by atoms with van der Waals surface area (Å²) in [7, 11) is 0. The molecule has 0 aliphatic carbocycles. The highest BCUT2D eigenvalue weighted by atomic mass is 16.2. The molecule has 0 atom stereocenters. The van der Waals surface area contributed by atoms with Crippen LogP contribution in [0.15, 0.2) is 30.3 Å². The number of nitrogens with zero attached hydrogens (tertiary/aromatic N) is 2. The van der Waals surface area contributed by atoms with Gasteiger partial charge in [0.05, 0.1) is 5.69 Å². The molecule has 1 heterocycles. The molecule has 112 valence electrons. The summed E-state index contributed by atoms with van der Waals surface area (Å²) in [6, 6.07) is 10.1.